The molecule has 0 aromatic rings. The molecule has 102 valence electrons. The van der Waals surface area contributed by atoms with Gasteiger partial charge in [-0.15, -0.1) is 0 Å². The molecular weight excluding hydrogens is 238 g/mol. The molecule has 3 saturated heterocycles. The minimum atomic E-state index is -0.881. The number of ether oxygens (including phenoxy) is 3. The molecule has 6 heteroatoms. The van der Waals surface area contributed by atoms with Crippen molar-refractivity contribution in [1.29, 1.82) is 0 Å². The van der Waals surface area contributed by atoms with Crippen LogP contribution in [-0.4, -0.2) is 73.2 Å². The third-order valence-electron chi connectivity index (χ3n) is 3.94. The lowest BCUT2D eigenvalue weighted by atomic mass is 9.86. The highest BCUT2D eigenvalue weighted by Crippen LogP contribution is 2.35. The molecule has 1 N–H and O–H groups in total. The van der Waals surface area contributed by atoms with Gasteiger partial charge in [-0.25, -0.2) is 0 Å². The molecule has 0 saturated carbocycles. The molecule has 3 unspecified atom stereocenters. The molecule has 3 aliphatic heterocycles. The Morgan fingerprint density at radius 3 is 1.94 bits per heavy atom. The standard InChI is InChI=1S/C12H19NO5/c1-13(4-10-7-18-10)12(11(14)15,2-8-5-16-8)3-9-6-17-9/h8-10H,2-7H2,1H3,(H,14,15). The Morgan fingerprint density at radius 2 is 1.61 bits per heavy atom. The normalized spacial score (nSPS) is 36.2. The first-order valence-electron chi connectivity index (χ1n) is 6.39. The molecule has 0 aromatic carbocycles. The van der Waals surface area contributed by atoms with E-state index in [1.54, 1.807) is 0 Å². The first kappa shape index (κ1) is 12.3. The van der Waals surface area contributed by atoms with Crippen molar-refractivity contribution in [3.8, 4) is 0 Å². The number of likely N-dealkylation sites (N-methyl/N-ethyl adjacent to an activating group) is 1. The predicted molar refractivity (Wildman–Crippen MR) is 61.5 cm³/mol. The maximum Gasteiger partial charge on any atom is 0.324 e. The molecule has 3 atom stereocenters. The number of carboxylic acid groups (broad SMARTS) is 1. The molecule has 0 aliphatic carbocycles. The molecule has 3 fully saturated rings. The van der Waals surface area contributed by atoms with Crippen LogP contribution >= 0.6 is 0 Å². The fourth-order valence-corrected chi connectivity index (χ4v) is 2.51. The number of carboxylic acids is 1. The fourth-order valence-electron chi connectivity index (χ4n) is 2.51. The number of aliphatic carboxylic acids is 1. The maximum atomic E-state index is 11.8. The van der Waals surface area contributed by atoms with Gasteiger partial charge in [0.1, 0.15) is 5.54 Å². The van der Waals surface area contributed by atoms with Gasteiger partial charge in [0.05, 0.1) is 38.1 Å². The topological polar surface area (TPSA) is 78.1 Å². The van der Waals surface area contributed by atoms with E-state index in [2.05, 4.69) is 0 Å². The monoisotopic (exact) mass is 257 g/mol. The van der Waals surface area contributed by atoms with Gasteiger partial charge in [-0.3, -0.25) is 9.69 Å². The molecule has 0 bridgehead atoms. The summed E-state index contributed by atoms with van der Waals surface area (Å²) in [7, 11) is 1.86. The smallest absolute Gasteiger partial charge is 0.324 e. The van der Waals surface area contributed by atoms with Crippen LogP contribution in [0.25, 0.3) is 0 Å². The quantitative estimate of drug-likeness (QED) is 0.602. The van der Waals surface area contributed by atoms with Crippen LogP contribution < -0.4 is 0 Å². The molecule has 6 nitrogen and oxygen atoms in total. The number of hydrogen-bond acceptors (Lipinski definition) is 5. The Bertz CT molecular complexity index is 321. The minimum absolute atomic E-state index is 0.0856. The lowest BCUT2D eigenvalue weighted by Crippen LogP contribution is -2.55. The first-order chi connectivity index (χ1) is 8.60. The van der Waals surface area contributed by atoms with Gasteiger partial charge in [0.15, 0.2) is 0 Å². The van der Waals surface area contributed by atoms with E-state index in [4.69, 9.17) is 14.2 Å². The number of rotatable bonds is 8. The van der Waals surface area contributed by atoms with Crippen molar-refractivity contribution in [2.45, 2.75) is 36.7 Å². The summed E-state index contributed by atoms with van der Waals surface area (Å²) < 4.78 is 15.6. The third-order valence-corrected chi connectivity index (χ3v) is 3.94. The minimum Gasteiger partial charge on any atom is -0.480 e. The van der Waals surface area contributed by atoms with E-state index in [0.717, 1.165) is 6.61 Å². The summed E-state index contributed by atoms with van der Waals surface area (Å²) >= 11 is 0. The molecule has 0 aromatic heterocycles. The van der Waals surface area contributed by atoms with Crippen molar-refractivity contribution < 1.29 is 24.1 Å². The van der Waals surface area contributed by atoms with Crippen LogP contribution in [-0.2, 0) is 19.0 Å². The van der Waals surface area contributed by atoms with Crippen LogP contribution in [0.1, 0.15) is 12.8 Å². The Kier molecular flexibility index (Phi) is 3.05. The van der Waals surface area contributed by atoms with E-state index in [0.29, 0.717) is 32.6 Å². The lowest BCUT2D eigenvalue weighted by Gasteiger charge is -2.37. The van der Waals surface area contributed by atoms with Crippen molar-refractivity contribution in [3.05, 3.63) is 0 Å². The molecule has 18 heavy (non-hydrogen) atoms. The highest BCUT2D eigenvalue weighted by Gasteiger charge is 2.51. The van der Waals surface area contributed by atoms with E-state index in [1.807, 2.05) is 11.9 Å². The van der Waals surface area contributed by atoms with Gasteiger partial charge < -0.3 is 19.3 Å². The zero-order valence-corrected chi connectivity index (χ0v) is 10.5. The van der Waals surface area contributed by atoms with Crippen LogP contribution in [0, 0.1) is 0 Å². The molecular formula is C12H19NO5. The maximum absolute atomic E-state index is 11.8. The Morgan fingerprint density at radius 1 is 1.17 bits per heavy atom. The van der Waals surface area contributed by atoms with Crippen LogP contribution in [0.3, 0.4) is 0 Å². The predicted octanol–water partition coefficient (Wildman–Crippen LogP) is -0.282. The molecule has 3 heterocycles. The summed E-state index contributed by atoms with van der Waals surface area (Å²) in [6.07, 6.45) is 1.43. The van der Waals surface area contributed by atoms with Crippen molar-refractivity contribution in [1.82, 2.24) is 4.90 Å². The molecule has 0 radical (unpaired) electrons. The third kappa shape index (κ3) is 2.66. The van der Waals surface area contributed by atoms with Crippen molar-refractivity contribution in [2.75, 3.05) is 33.4 Å². The van der Waals surface area contributed by atoms with Crippen molar-refractivity contribution in [2.24, 2.45) is 0 Å². The molecule has 3 rings (SSSR count). The summed E-state index contributed by atoms with van der Waals surface area (Å²) in [5.74, 6) is -0.781. The number of carbonyl (C=O) groups is 1. The van der Waals surface area contributed by atoms with Gasteiger partial charge in [-0.1, -0.05) is 0 Å². The SMILES string of the molecule is CN(CC1CO1)C(CC1CO1)(CC1CO1)C(=O)O. The molecule has 0 amide bonds. The second kappa shape index (κ2) is 4.45. The van der Waals surface area contributed by atoms with E-state index < -0.39 is 11.5 Å². The zero-order valence-electron chi connectivity index (χ0n) is 10.5. The van der Waals surface area contributed by atoms with Gasteiger partial charge in [-0.2, -0.15) is 0 Å². The highest BCUT2D eigenvalue weighted by molar-refractivity contribution is 5.79. The summed E-state index contributed by atoms with van der Waals surface area (Å²) in [6.45, 7) is 2.74. The average molecular weight is 257 g/mol. The summed E-state index contributed by atoms with van der Waals surface area (Å²) in [4.78, 5) is 13.7. The van der Waals surface area contributed by atoms with E-state index in [9.17, 15) is 9.90 Å². The number of epoxide rings is 3. The number of hydrogen-bond donors (Lipinski definition) is 1. The second-order valence-electron chi connectivity index (χ2n) is 5.49. The van der Waals surface area contributed by atoms with Crippen molar-refractivity contribution >= 4 is 5.97 Å². The molecule has 0 spiro atoms. The van der Waals surface area contributed by atoms with E-state index in [-0.39, 0.29) is 18.3 Å². The average Bonchev–Trinajstić information content (AvgIpc) is 3.11. The summed E-state index contributed by atoms with van der Waals surface area (Å²) in [5.41, 5.74) is -0.881. The lowest BCUT2D eigenvalue weighted by molar-refractivity contribution is -0.152. The van der Waals surface area contributed by atoms with Crippen molar-refractivity contribution in [3.63, 3.8) is 0 Å². The van der Waals surface area contributed by atoms with Gasteiger partial charge in [0, 0.05) is 19.4 Å². The number of nitrogens with zero attached hydrogens (tertiary/aromatic N) is 1. The van der Waals surface area contributed by atoms with Crippen LogP contribution in [0.15, 0.2) is 0 Å². The van der Waals surface area contributed by atoms with E-state index >= 15 is 0 Å². The zero-order chi connectivity index (χ0) is 12.8. The second-order valence-corrected chi connectivity index (χ2v) is 5.49. The Hall–Kier alpha value is -0.690. The Labute approximate surface area is 106 Å². The van der Waals surface area contributed by atoms with Gasteiger partial charge in [-0.05, 0) is 7.05 Å². The van der Waals surface area contributed by atoms with Gasteiger partial charge >= 0.3 is 5.97 Å². The van der Waals surface area contributed by atoms with E-state index in [1.165, 1.54) is 0 Å². The Balaban J connectivity index is 1.73. The molecule has 3 aliphatic rings. The van der Waals surface area contributed by atoms with Crippen LogP contribution in [0.2, 0.25) is 0 Å². The van der Waals surface area contributed by atoms with Gasteiger partial charge in [0.2, 0.25) is 0 Å². The largest absolute Gasteiger partial charge is 0.480 e. The van der Waals surface area contributed by atoms with Crippen LogP contribution in [0.5, 0.6) is 0 Å². The first-order valence-corrected chi connectivity index (χ1v) is 6.39. The van der Waals surface area contributed by atoms with Gasteiger partial charge in [0.25, 0.3) is 0 Å². The van der Waals surface area contributed by atoms with Crippen LogP contribution in [0.4, 0.5) is 0 Å². The fraction of sp³-hybridized carbons (Fsp3) is 0.917. The summed E-state index contributed by atoms with van der Waals surface area (Å²) in [5, 5.41) is 9.69. The highest BCUT2D eigenvalue weighted by atomic mass is 16.6. The summed E-state index contributed by atoms with van der Waals surface area (Å²) in [6, 6.07) is 0.